The molecule has 0 saturated carbocycles. The fourth-order valence-corrected chi connectivity index (χ4v) is 3.46. The Morgan fingerprint density at radius 1 is 0.862 bits per heavy atom. The number of esters is 2. The normalized spacial score (nSPS) is 13.6. The van der Waals surface area contributed by atoms with Crippen LogP contribution in [0.2, 0.25) is 0 Å². The number of carbonyl (C=O) groups is 2. The molecule has 162 valence electrons. The van der Waals surface area contributed by atoms with Gasteiger partial charge in [0.2, 0.25) is 0 Å². The van der Waals surface area contributed by atoms with Gasteiger partial charge in [-0.15, -0.1) is 0 Å². The standard InChI is InChI=1S/C20H30O7S.Ca.2H/c1-12(2)7-14(5)26-19(21)16-9-17(11-18(10-16)28(23,24)25)20(22)27-15(6)8-13(3)4;;;/h9-15H,7-8H2,1-6H3,(H,23,24,25);;;/q;+2;2*-1. The van der Waals surface area contributed by atoms with Crippen LogP contribution in [-0.4, -0.2) is 74.9 Å². The van der Waals surface area contributed by atoms with Crippen LogP contribution in [0.5, 0.6) is 0 Å². The van der Waals surface area contributed by atoms with Gasteiger partial charge < -0.3 is 12.3 Å². The smallest absolute Gasteiger partial charge is 1.00 e. The Kier molecular flexibility index (Phi) is 12.0. The molecular weight excluding hydrogens is 424 g/mol. The summed E-state index contributed by atoms with van der Waals surface area (Å²) in [5.74, 6) is -0.939. The van der Waals surface area contributed by atoms with Crippen LogP contribution in [0.3, 0.4) is 0 Å². The molecule has 9 heteroatoms. The minimum atomic E-state index is -4.63. The van der Waals surface area contributed by atoms with E-state index in [0.29, 0.717) is 24.7 Å². The Morgan fingerprint density at radius 3 is 1.48 bits per heavy atom. The molecule has 0 fully saturated rings. The largest absolute Gasteiger partial charge is 2.00 e. The van der Waals surface area contributed by atoms with Crippen LogP contribution in [0.4, 0.5) is 0 Å². The molecule has 0 aliphatic carbocycles. The van der Waals surface area contributed by atoms with Crippen LogP contribution in [0, 0.1) is 11.8 Å². The van der Waals surface area contributed by atoms with Crippen molar-refractivity contribution in [2.75, 3.05) is 0 Å². The fraction of sp³-hybridized carbons (Fsp3) is 0.600. The van der Waals surface area contributed by atoms with Gasteiger partial charge in [0.15, 0.2) is 0 Å². The van der Waals surface area contributed by atoms with E-state index in [2.05, 4.69) is 0 Å². The molecule has 1 rings (SSSR count). The summed E-state index contributed by atoms with van der Waals surface area (Å²) in [4.78, 5) is 24.2. The van der Waals surface area contributed by atoms with Gasteiger partial charge in [-0.2, -0.15) is 8.42 Å². The van der Waals surface area contributed by atoms with Crippen molar-refractivity contribution in [2.24, 2.45) is 11.8 Å². The van der Waals surface area contributed by atoms with Crippen molar-refractivity contribution >= 4 is 59.8 Å². The average molecular weight is 457 g/mol. The van der Waals surface area contributed by atoms with Gasteiger partial charge in [0.25, 0.3) is 10.1 Å². The molecule has 2 unspecified atom stereocenters. The quantitative estimate of drug-likeness (QED) is 0.340. The predicted molar refractivity (Wildman–Crippen MR) is 113 cm³/mol. The summed E-state index contributed by atoms with van der Waals surface area (Å²) in [6.07, 6.45) is 0.489. The van der Waals surface area contributed by atoms with Crippen molar-refractivity contribution in [1.82, 2.24) is 0 Å². The number of benzene rings is 1. The summed E-state index contributed by atoms with van der Waals surface area (Å²) >= 11 is 0. The number of hydrogen-bond acceptors (Lipinski definition) is 6. The Bertz CT molecular complexity index is 765. The minimum Gasteiger partial charge on any atom is -1.00 e. The second-order valence-electron chi connectivity index (χ2n) is 7.91. The summed E-state index contributed by atoms with van der Waals surface area (Å²) in [6.45, 7) is 11.4. The molecule has 2 atom stereocenters. The average Bonchev–Trinajstić information content (AvgIpc) is 2.51. The van der Waals surface area contributed by atoms with E-state index < -0.39 is 27.0 Å². The third-order valence-electron chi connectivity index (χ3n) is 3.90. The summed E-state index contributed by atoms with van der Waals surface area (Å²) in [6, 6.07) is 3.17. The Morgan fingerprint density at radius 2 is 1.21 bits per heavy atom. The van der Waals surface area contributed by atoms with Crippen molar-refractivity contribution in [3.05, 3.63) is 29.3 Å². The number of hydrogen-bond donors (Lipinski definition) is 1. The van der Waals surface area contributed by atoms with Crippen LogP contribution in [0.1, 0.15) is 78.0 Å². The maximum atomic E-state index is 12.4. The Balaban J connectivity index is -0.00000261. The van der Waals surface area contributed by atoms with E-state index in [9.17, 15) is 22.6 Å². The van der Waals surface area contributed by atoms with E-state index in [1.807, 2.05) is 27.7 Å². The Hall–Kier alpha value is -0.670. The first-order valence-corrected chi connectivity index (χ1v) is 10.8. The topological polar surface area (TPSA) is 107 Å². The van der Waals surface area contributed by atoms with Gasteiger partial charge >= 0.3 is 49.7 Å². The number of ether oxygens (including phenoxy) is 2. The molecule has 0 bridgehead atoms. The maximum Gasteiger partial charge on any atom is 2.00 e. The van der Waals surface area contributed by atoms with Gasteiger partial charge in [-0.05, 0) is 56.7 Å². The van der Waals surface area contributed by atoms with Crippen molar-refractivity contribution in [3.63, 3.8) is 0 Å². The van der Waals surface area contributed by atoms with Gasteiger partial charge in [-0.1, -0.05) is 27.7 Å². The molecule has 1 aromatic rings. The molecule has 1 N–H and O–H groups in total. The van der Waals surface area contributed by atoms with Crippen LogP contribution >= 0.6 is 0 Å². The molecule has 0 aliphatic rings. The predicted octanol–water partition coefficient (Wildman–Crippen LogP) is 3.96. The number of rotatable bonds is 9. The molecule has 0 radical (unpaired) electrons. The van der Waals surface area contributed by atoms with Crippen LogP contribution in [0.25, 0.3) is 0 Å². The van der Waals surface area contributed by atoms with E-state index in [-0.39, 0.29) is 63.9 Å². The van der Waals surface area contributed by atoms with Crippen molar-refractivity contribution in [1.29, 1.82) is 0 Å². The maximum absolute atomic E-state index is 12.4. The second-order valence-corrected chi connectivity index (χ2v) is 9.33. The van der Waals surface area contributed by atoms with E-state index in [1.165, 1.54) is 6.07 Å². The Labute approximate surface area is 206 Å². The van der Waals surface area contributed by atoms with Crippen molar-refractivity contribution < 1.29 is 34.9 Å². The molecule has 0 spiro atoms. The number of carbonyl (C=O) groups excluding carboxylic acids is 2. The first-order valence-electron chi connectivity index (χ1n) is 9.34. The molecule has 0 aliphatic heterocycles. The first kappa shape index (κ1) is 28.3. The van der Waals surface area contributed by atoms with Crippen molar-refractivity contribution in [2.45, 2.75) is 71.5 Å². The monoisotopic (exact) mass is 456 g/mol. The summed E-state index contributed by atoms with van der Waals surface area (Å²) < 4.78 is 43.1. The second kappa shape index (κ2) is 12.2. The SMILES string of the molecule is CC(C)CC(C)OC(=O)c1cc(C(=O)OC(C)CC(C)C)cc(S(=O)(=O)O)c1.[Ca+2].[H-].[H-]. The summed E-state index contributed by atoms with van der Waals surface area (Å²) in [5, 5.41) is 0. The third-order valence-corrected chi connectivity index (χ3v) is 4.73. The van der Waals surface area contributed by atoms with E-state index in [4.69, 9.17) is 9.47 Å². The zero-order valence-corrected chi connectivity index (χ0v) is 21.0. The van der Waals surface area contributed by atoms with Gasteiger partial charge in [-0.3, -0.25) is 4.55 Å². The molecule has 0 amide bonds. The van der Waals surface area contributed by atoms with Gasteiger partial charge in [0, 0.05) is 0 Å². The van der Waals surface area contributed by atoms with Gasteiger partial charge in [0.05, 0.1) is 28.2 Å². The van der Waals surface area contributed by atoms with E-state index >= 15 is 0 Å². The van der Waals surface area contributed by atoms with E-state index in [0.717, 1.165) is 12.1 Å². The fourth-order valence-electron chi connectivity index (χ4n) is 2.91. The molecule has 0 aromatic heterocycles. The van der Waals surface area contributed by atoms with Crippen LogP contribution in [-0.2, 0) is 19.6 Å². The summed E-state index contributed by atoms with van der Waals surface area (Å²) in [7, 11) is -4.63. The molecule has 1 aromatic carbocycles. The van der Waals surface area contributed by atoms with Crippen molar-refractivity contribution in [3.8, 4) is 0 Å². The van der Waals surface area contributed by atoms with E-state index in [1.54, 1.807) is 13.8 Å². The molecule has 0 saturated heterocycles. The summed E-state index contributed by atoms with van der Waals surface area (Å²) in [5.41, 5.74) is -0.289. The zero-order chi connectivity index (χ0) is 21.6. The third kappa shape index (κ3) is 10.3. The minimum absolute atomic E-state index is 0. The molecule has 29 heavy (non-hydrogen) atoms. The molecular formula is C20H32CaO7S. The molecule has 0 heterocycles. The van der Waals surface area contributed by atoms with Gasteiger partial charge in [0.1, 0.15) is 0 Å². The zero-order valence-electron chi connectivity index (χ0n) is 20.0. The molecule has 7 nitrogen and oxygen atoms in total. The van der Waals surface area contributed by atoms with Crippen LogP contribution < -0.4 is 0 Å². The van der Waals surface area contributed by atoms with Crippen LogP contribution in [0.15, 0.2) is 23.1 Å². The van der Waals surface area contributed by atoms with Gasteiger partial charge in [-0.25, -0.2) is 9.59 Å². The first-order chi connectivity index (χ1) is 12.8.